The fourth-order valence-electron chi connectivity index (χ4n) is 5.02. The van der Waals surface area contributed by atoms with Gasteiger partial charge in [-0.05, 0) is 43.4 Å². The Labute approximate surface area is 192 Å². The standard InChI is InChI=1S/C25H33F3O5/c1-3-4-8-19(25(26,27)28)20(29)12-11-17-18-7-5-6-15-9-10-16(24(31)32-2)13-22(15)33-23(18)14-21(17)30/h9-13,17-21,23,29-30H,3-8,14H2,1-2H3/b12-11+/t17-,18-,19?,20?,21-,23+/m1/s1. The molecule has 2 unspecified atom stereocenters. The fraction of sp³-hybridized carbons (Fsp3) is 0.640. The van der Waals surface area contributed by atoms with Gasteiger partial charge in [0.25, 0.3) is 0 Å². The predicted molar refractivity (Wildman–Crippen MR) is 117 cm³/mol. The Balaban J connectivity index is 1.76. The number of carbonyl (C=O) groups excluding carboxylic acids is 1. The maximum atomic E-state index is 13.4. The third kappa shape index (κ3) is 6.09. The van der Waals surface area contributed by atoms with Crippen molar-refractivity contribution in [2.45, 2.75) is 76.4 Å². The van der Waals surface area contributed by atoms with Gasteiger partial charge in [-0.25, -0.2) is 4.79 Å². The molecule has 0 radical (unpaired) electrons. The van der Waals surface area contributed by atoms with Crippen molar-refractivity contribution in [3.05, 3.63) is 41.5 Å². The van der Waals surface area contributed by atoms with Crippen molar-refractivity contribution < 1.29 is 37.7 Å². The van der Waals surface area contributed by atoms with Crippen LogP contribution >= 0.6 is 0 Å². The number of methoxy groups -OCH3 is 1. The Morgan fingerprint density at radius 2 is 2.12 bits per heavy atom. The average molecular weight is 471 g/mol. The molecule has 0 bridgehead atoms. The van der Waals surface area contributed by atoms with Crippen LogP contribution in [0.4, 0.5) is 13.2 Å². The number of fused-ring (bicyclic) bond motifs is 2. The molecule has 1 fully saturated rings. The molecule has 2 N–H and O–H groups in total. The highest BCUT2D eigenvalue weighted by molar-refractivity contribution is 5.89. The van der Waals surface area contributed by atoms with E-state index in [9.17, 15) is 28.2 Å². The summed E-state index contributed by atoms with van der Waals surface area (Å²) >= 11 is 0. The van der Waals surface area contributed by atoms with Crippen molar-refractivity contribution in [3.8, 4) is 5.75 Å². The lowest BCUT2D eigenvalue weighted by Crippen LogP contribution is -2.33. The summed E-state index contributed by atoms with van der Waals surface area (Å²) in [5.41, 5.74) is 1.34. The number of aliphatic hydroxyl groups is 2. The summed E-state index contributed by atoms with van der Waals surface area (Å²) in [6.07, 6.45) is -1.04. The summed E-state index contributed by atoms with van der Waals surface area (Å²) < 4.78 is 51.2. The molecule has 5 nitrogen and oxygen atoms in total. The summed E-state index contributed by atoms with van der Waals surface area (Å²) in [5, 5.41) is 21.0. The van der Waals surface area contributed by atoms with E-state index in [0.29, 0.717) is 30.6 Å². The second kappa shape index (κ2) is 10.9. The number of ether oxygens (including phenoxy) is 2. The Bertz CT molecular complexity index is 838. The molecular formula is C25H33F3O5. The maximum absolute atomic E-state index is 13.4. The number of rotatable bonds is 7. The number of benzene rings is 1. The van der Waals surface area contributed by atoms with Gasteiger partial charge in [0.2, 0.25) is 0 Å². The predicted octanol–water partition coefficient (Wildman–Crippen LogP) is 4.84. The monoisotopic (exact) mass is 470 g/mol. The highest BCUT2D eigenvalue weighted by Gasteiger charge is 2.45. The van der Waals surface area contributed by atoms with Crippen molar-refractivity contribution in [1.29, 1.82) is 0 Å². The van der Waals surface area contributed by atoms with Crippen molar-refractivity contribution in [2.75, 3.05) is 7.11 Å². The SMILES string of the molecule is CCCCC(C(O)/C=C/[C@@H]1[C@H]2CCCc3ccc(C(=O)OC)cc3O[C@H]2C[C@H]1O)C(F)(F)F. The number of hydrogen-bond donors (Lipinski definition) is 2. The van der Waals surface area contributed by atoms with Gasteiger partial charge >= 0.3 is 12.1 Å². The first-order chi connectivity index (χ1) is 15.7. The summed E-state index contributed by atoms with van der Waals surface area (Å²) in [6, 6.07) is 5.18. The Morgan fingerprint density at radius 1 is 1.36 bits per heavy atom. The minimum absolute atomic E-state index is 0.0987. The number of aryl methyl sites for hydroxylation is 1. The number of hydrogen-bond acceptors (Lipinski definition) is 5. The van der Waals surface area contributed by atoms with Crippen LogP contribution < -0.4 is 4.74 Å². The first-order valence-electron chi connectivity index (χ1n) is 11.6. The molecule has 6 atom stereocenters. The molecule has 0 aromatic heterocycles. The molecule has 8 heteroatoms. The minimum Gasteiger partial charge on any atom is -0.490 e. The maximum Gasteiger partial charge on any atom is 0.394 e. The molecule has 0 amide bonds. The van der Waals surface area contributed by atoms with E-state index >= 15 is 0 Å². The Kier molecular flexibility index (Phi) is 8.45. The van der Waals surface area contributed by atoms with Gasteiger partial charge in [0.1, 0.15) is 11.9 Å². The minimum atomic E-state index is -4.49. The van der Waals surface area contributed by atoms with Crippen LogP contribution in [-0.2, 0) is 11.2 Å². The lowest BCUT2D eigenvalue weighted by atomic mass is 9.86. The molecule has 184 valence electrons. The molecule has 1 saturated carbocycles. The third-order valence-electron chi connectivity index (χ3n) is 6.87. The summed E-state index contributed by atoms with van der Waals surface area (Å²) in [4.78, 5) is 11.9. The van der Waals surface area contributed by atoms with Crippen LogP contribution in [0.3, 0.4) is 0 Å². The summed E-state index contributed by atoms with van der Waals surface area (Å²) in [5.74, 6) is -2.22. The number of carbonyl (C=O) groups is 1. The molecule has 1 aromatic rings. The number of unbranched alkanes of at least 4 members (excludes halogenated alkanes) is 1. The van der Waals surface area contributed by atoms with Crippen LogP contribution in [0.2, 0.25) is 0 Å². The third-order valence-corrected chi connectivity index (χ3v) is 6.87. The molecule has 1 aliphatic carbocycles. The van der Waals surface area contributed by atoms with E-state index in [-0.39, 0.29) is 18.4 Å². The Morgan fingerprint density at radius 3 is 2.79 bits per heavy atom. The van der Waals surface area contributed by atoms with Gasteiger partial charge in [0.05, 0.1) is 30.8 Å². The average Bonchev–Trinajstić information content (AvgIpc) is 3.03. The molecule has 2 aliphatic rings. The lowest BCUT2D eigenvalue weighted by molar-refractivity contribution is -0.195. The molecule has 0 spiro atoms. The zero-order valence-electron chi connectivity index (χ0n) is 19.1. The van der Waals surface area contributed by atoms with Crippen molar-refractivity contribution in [3.63, 3.8) is 0 Å². The molecular weight excluding hydrogens is 437 g/mol. The number of esters is 1. The van der Waals surface area contributed by atoms with Crippen LogP contribution in [-0.4, -0.2) is 47.8 Å². The Hall–Kier alpha value is -2.06. The smallest absolute Gasteiger partial charge is 0.394 e. The lowest BCUT2D eigenvalue weighted by Gasteiger charge is -2.28. The van der Waals surface area contributed by atoms with E-state index in [0.717, 1.165) is 24.8 Å². The zero-order chi connectivity index (χ0) is 24.2. The van der Waals surface area contributed by atoms with E-state index < -0.39 is 36.2 Å². The summed E-state index contributed by atoms with van der Waals surface area (Å²) in [7, 11) is 1.31. The van der Waals surface area contributed by atoms with Gasteiger partial charge < -0.3 is 19.7 Å². The van der Waals surface area contributed by atoms with Crippen molar-refractivity contribution in [2.24, 2.45) is 17.8 Å². The van der Waals surface area contributed by atoms with E-state index in [1.165, 1.54) is 13.2 Å². The molecule has 33 heavy (non-hydrogen) atoms. The second-order valence-corrected chi connectivity index (χ2v) is 9.07. The first-order valence-corrected chi connectivity index (χ1v) is 11.6. The van der Waals surface area contributed by atoms with E-state index in [1.807, 2.05) is 13.0 Å². The number of alkyl halides is 3. The highest BCUT2D eigenvalue weighted by atomic mass is 19.4. The van der Waals surface area contributed by atoms with E-state index in [2.05, 4.69) is 0 Å². The molecule has 1 heterocycles. The van der Waals surface area contributed by atoms with Gasteiger partial charge in [-0.15, -0.1) is 0 Å². The van der Waals surface area contributed by atoms with E-state index in [1.54, 1.807) is 18.2 Å². The molecule has 1 aromatic carbocycles. The first kappa shape index (κ1) is 25.6. The summed E-state index contributed by atoms with van der Waals surface area (Å²) in [6.45, 7) is 1.81. The van der Waals surface area contributed by atoms with E-state index in [4.69, 9.17) is 9.47 Å². The molecule has 1 aliphatic heterocycles. The van der Waals surface area contributed by atoms with Crippen LogP contribution in [0.5, 0.6) is 5.75 Å². The molecule has 0 saturated heterocycles. The number of halogens is 3. The zero-order valence-corrected chi connectivity index (χ0v) is 19.1. The molecule has 3 rings (SSSR count). The van der Waals surface area contributed by atoms with Gasteiger partial charge in [0.15, 0.2) is 0 Å². The van der Waals surface area contributed by atoms with Crippen LogP contribution in [0.15, 0.2) is 30.4 Å². The number of aliphatic hydroxyl groups excluding tert-OH is 2. The van der Waals surface area contributed by atoms with Crippen molar-refractivity contribution >= 4 is 5.97 Å². The largest absolute Gasteiger partial charge is 0.490 e. The highest BCUT2D eigenvalue weighted by Crippen LogP contribution is 2.42. The van der Waals surface area contributed by atoms with Crippen molar-refractivity contribution in [1.82, 2.24) is 0 Å². The van der Waals surface area contributed by atoms with Crippen LogP contribution in [0.25, 0.3) is 0 Å². The van der Waals surface area contributed by atoms with Gasteiger partial charge in [0, 0.05) is 18.3 Å². The fourth-order valence-corrected chi connectivity index (χ4v) is 5.02. The van der Waals surface area contributed by atoms with Crippen LogP contribution in [0, 0.1) is 17.8 Å². The quantitative estimate of drug-likeness (QED) is 0.441. The van der Waals surface area contributed by atoms with Crippen LogP contribution in [0.1, 0.15) is 61.4 Å². The normalized spacial score (nSPS) is 27.1. The second-order valence-electron chi connectivity index (χ2n) is 9.07. The van der Waals surface area contributed by atoms with Gasteiger partial charge in [-0.2, -0.15) is 13.2 Å². The topological polar surface area (TPSA) is 76.0 Å². The van der Waals surface area contributed by atoms with Gasteiger partial charge in [-0.1, -0.05) is 38.0 Å². The van der Waals surface area contributed by atoms with Gasteiger partial charge in [-0.3, -0.25) is 0 Å².